The Hall–Kier alpha value is -0.830. The summed E-state index contributed by atoms with van der Waals surface area (Å²) < 4.78 is 0. The van der Waals surface area contributed by atoms with Crippen molar-refractivity contribution in [1.29, 1.82) is 0 Å². The van der Waals surface area contributed by atoms with Gasteiger partial charge in [-0.2, -0.15) is 0 Å². The minimum absolute atomic E-state index is 0.443. The summed E-state index contributed by atoms with van der Waals surface area (Å²) >= 11 is 5.71. The zero-order chi connectivity index (χ0) is 10.6. The first kappa shape index (κ1) is 11.2. The summed E-state index contributed by atoms with van der Waals surface area (Å²) in [6, 6.07) is 0. The van der Waals surface area contributed by atoms with E-state index < -0.39 is 0 Å². The fourth-order valence-corrected chi connectivity index (χ4v) is 1.14. The van der Waals surface area contributed by atoms with Crippen LogP contribution in [0.4, 0.5) is 5.82 Å². The van der Waals surface area contributed by atoms with Crippen LogP contribution in [0.25, 0.3) is 0 Å². The molecule has 0 aliphatic heterocycles. The normalized spacial score (nSPS) is 12.6. The van der Waals surface area contributed by atoms with Gasteiger partial charge < -0.3 is 5.32 Å². The fraction of sp³-hybridized carbons (Fsp3) is 0.600. The molecule has 0 spiro atoms. The molecule has 1 rings (SSSR count). The van der Waals surface area contributed by atoms with Crippen LogP contribution in [0.3, 0.4) is 0 Å². The lowest BCUT2D eigenvalue weighted by atomic mass is 10.2. The number of rotatable bonds is 4. The van der Waals surface area contributed by atoms with E-state index in [1.165, 1.54) is 0 Å². The van der Waals surface area contributed by atoms with Crippen molar-refractivity contribution < 1.29 is 0 Å². The van der Waals surface area contributed by atoms with Crippen molar-refractivity contribution in [3.8, 4) is 0 Å². The quantitative estimate of drug-likeness (QED) is 0.781. The summed E-state index contributed by atoms with van der Waals surface area (Å²) in [5.41, 5.74) is 1.86. The van der Waals surface area contributed by atoms with Crippen LogP contribution in [0.2, 0.25) is 0 Å². The van der Waals surface area contributed by atoms with E-state index in [-0.39, 0.29) is 0 Å². The molecule has 1 N–H and O–H groups in total. The van der Waals surface area contributed by atoms with E-state index in [0.717, 1.165) is 23.8 Å². The summed E-state index contributed by atoms with van der Waals surface area (Å²) in [6.45, 7) is 6.81. The van der Waals surface area contributed by atoms with Crippen LogP contribution in [0, 0.1) is 19.8 Å². The van der Waals surface area contributed by atoms with Crippen LogP contribution in [0.5, 0.6) is 0 Å². The molecule has 0 bridgehead atoms. The second kappa shape index (κ2) is 5.15. The molecule has 1 aromatic rings. The highest BCUT2D eigenvalue weighted by Crippen LogP contribution is 2.09. The number of halogens is 1. The molecule has 0 saturated heterocycles. The summed E-state index contributed by atoms with van der Waals surface area (Å²) in [4.78, 5) is 8.59. The first-order valence-corrected chi connectivity index (χ1v) is 5.27. The van der Waals surface area contributed by atoms with Crippen molar-refractivity contribution in [3.63, 3.8) is 0 Å². The molecule has 78 valence electrons. The van der Waals surface area contributed by atoms with Gasteiger partial charge in [-0.1, -0.05) is 6.92 Å². The van der Waals surface area contributed by atoms with Crippen LogP contribution in [0.15, 0.2) is 6.20 Å². The average molecular weight is 214 g/mol. The second-order valence-corrected chi connectivity index (χ2v) is 3.89. The smallest absolute Gasteiger partial charge is 0.147 e. The van der Waals surface area contributed by atoms with Crippen molar-refractivity contribution in [2.75, 3.05) is 17.7 Å². The molecule has 0 aliphatic rings. The zero-order valence-corrected chi connectivity index (χ0v) is 9.60. The molecular weight excluding hydrogens is 198 g/mol. The summed E-state index contributed by atoms with van der Waals surface area (Å²) in [6.07, 6.45) is 1.77. The first-order chi connectivity index (χ1) is 6.63. The van der Waals surface area contributed by atoms with E-state index in [2.05, 4.69) is 22.2 Å². The predicted molar refractivity (Wildman–Crippen MR) is 59.9 cm³/mol. The van der Waals surface area contributed by atoms with Crippen molar-refractivity contribution >= 4 is 17.4 Å². The Balaban J connectivity index is 2.62. The molecule has 3 nitrogen and oxygen atoms in total. The molecule has 0 saturated carbocycles. The van der Waals surface area contributed by atoms with E-state index in [1.54, 1.807) is 6.20 Å². The molecule has 14 heavy (non-hydrogen) atoms. The lowest BCUT2D eigenvalue weighted by molar-refractivity contribution is 0.693. The van der Waals surface area contributed by atoms with Crippen molar-refractivity contribution in [2.45, 2.75) is 20.8 Å². The zero-order valence-electron chi connectivity index (χ0n) is 8.84. The third-order valence-corrected chi connectivity index (χ3v) is 2.48. The molecule has 0 aliphatic carbocycles. The van der Waals surface area contributed by atoms with Gasteiger partial charge in [0, 0.05) is 18.6 Å². The van der Waals surface area contributed by atoms with Crippen LogP contribution < -0.4 is 5.32 Å². The van der Waals surface area contributed by atoms with Crippen LogP contribution in [-0.4, -0.2) is 22.4 Å². The van der Waals surface area contributed by atoms with Gasteiger partial charge in [0.15, 0.2) is 0 Å². The van der Waals surface area contributed by atoms with Crippen LogP contribution in [-0.2, 0) is 0 Å². The monoisotopic (exact) mass is 213 g/mol. The maximum Gasteiger partial charge on any atom is 0.147 e. The van der Waals surface area contributed by atoms with Gasteiger partial charge >= 0.3 is 0 Å². The molecule has 1 aromatic heterocycles. The Morgan fingerprint density at radius 3 is 2.86 bits per heavy atom. The Bertz CT molecular complexity index is 301. The fourth-order valence-electron chi connectivity index (χ4n) is 1.03. The number of aromatic nitrogens is 2. The SMILES string of the molecule is Cc1cnc(C)c(NCC(C)CCl)n1. The van der Waals surface area contributed by atoms with Crippen molar-refractivity contribution in [3.05, 3.63) is 17.6 Å². The minimum atomic E-state index is 0.443. The standard InChI is InChI=1S/C10H16ClN3/c1-7(4-11)5-13-10-9(3)12-6-8(2)14-10/h6-7H,4-5H2,1-3H3,(H,13,14). The second-order valence-electron chi connectivity index (χ2n) is 3.59. The Labute approximate surface area is 89.9 Å². The highest BCUT2D eigenvalue weighted by Gasteiger charge is 2.03. The molecule has 0 aromatic carbocycles. The Morgan fingerprint density at radius 1 is 1.50 bits per heavy atom. The van der Waals surface area contributed by atoms with Gasteiger partial charge in [0.05, 0.1) is 11.4 Å². The molecular formula is C10H16ClN3. The van der Waals surface area contributed by atoms with Gasteiger partial charge in [-0.25, -0.2) is 4.98 Å². The molecule has 0 amide bonds. The van der Waals surface area contributed by atoms with E-state index in [1.807, 2.05) is 13.8 Å². The molecule has 1 unspecified atom stereocenters. The average Bonchev–Trinajstić information content (AvgIpc) is 2.19. The molecule has 1 heterocycles. The molecule has 0 fully saturated rings. The van der Waals surface area contributed by atoms with Crippen LogP contribution >= 0.6 is 11.6 Å². The largest absolute Gasteiger partial charge is 0.368 e. The summed E-state index contributed by atoms with van der Waals surface area (Å²) in [7, 11) is 0. The van der Waals surface area contributed by atoms with Crippen LogP contribution in [0.1, 0.15) is 18.3 Å². The first-order valence-electron chi connectivity index (χ1n) is 4.73. The number of hydrogen-bond donors (Lipinski definition) is 1. The Kier molecular flexibility index (Phi) is 4.14. The Morgan fingerprint density at radius 2 is 2.21 bits per heavy atom. The highest BCUT2D eigenvalue weighted by atomic mass is 35.5. The number of alkyl halides is 1. The lowest BCUT2D eigenvalue weighted by Crippen LogP contribution is -2.14. The third kappa shape index (κ3) is 3.14. The van der Waals surface area contributed by atoms with Gasteiger partial charge in [-0.15, -0.1) is 11.6 Å². The highest BCUT2D eigenvalue weighted by molar-refractivity contribution is 6.18. The summed E-state index contributed by atoms with van der Waals surface area (Å²) in [5.74, 6) is 1.96. The molecule has 0 radical (unpaired) electrons. The molecule has 4 heteroatoms. The van der Waals surface area contributed by atoms with Gasteiger partial charge in [0.2, 0.25) is 0 Å². The minimum Gasteiger partial charge on any atom is -0.368 e. The van der Waals surface area contributed by atoms with Crippen molar-refractivity contribution in [2.24, 2.45) is 5.92 Å². The van der Waals surface area contributed by atoms with Crippen molar-refractivity contribution in [1.82, 2.24) is 9.97 Å². The maximum atomic E-state index is 5.71. The van der Waals surface area contributed by atoms with E-state index in [0.29, 0.717) is 11.8 Å². The maximum absolute atomic E-state index is 5.71. The number of aryl methyl sites for hydroxylation is 2. The third-order valence-electron chi connectivity index (χ3n) is 1.96. The van der Waals surface area contributed by atoms with Gasteiger partial charge in [-0.05, 0) is 19.8 Å². The number of nitrogens with zero attached hydrogens (tertiary/aromatic N) is 2. The molecule has 1 atom stereocenters. The summed E-state index contributed by atoms with van der Waals surface area (Å²) in [5, 5.41) is 3.25. The van der Waals surface area contributed by atoms with Gasteiger partial charge in [0.25, 0.3) is 0 Å². The van der Waals surface area contributed by atoms with Gasteiger partial charge in [0.1, 0.15) is 5.82 Å². The van der Waals surface area contributed by atoms with E-state index in [9.17, 15) is 0 Å². The number of hydrogen-bond acceptors (Lipinski definition) is 3. The number of nitrogens with one attached hydrogen (secondary N) is 1. The predicted octanol–water partition coefficient (Wildman–Crippen LogP) is 2.38. The van der Waals surface area contributed by atoms with E-state index >= 15 is 0 Å². The van der Waals surface area contributed by atoms with E-state index in [4.69, 9.17) is 11.6 Å². The van der Waals surface area contributed by atoms with Gasteiger partial charge in [-0.3, -0.25) is 4.98 Å². The lowest BCUT2D eigenvalue weighted by Gasteiger charge is -2.11. The topological polar surface area (TPSA) is 37.8 Å². The number of anilines is 1.